The Bertz CT molecular complexity index is 773. The molecule has 2 aromatic rings. The highest BCUT2D eigenvalue weighted by Crippen LogP contribution is 2.26. The maximum Gasteiger partial charge on any atom is 0.223 e. The lowest BCUT2D eigenvalue weighted by Crippen LogP contribution is -2.40. The molecule has 1 aliphatic heterocycles. The monoisotopic (exact) mass is 338 g/mol. The number of piperidine rings is 1. The summed E-state index contributed by atoms with van der Waals surface area (Å²) >= 11 is 0. The largest absolute Gasteiger partial charge is 0.457 e. The summed E-state index contributed by atoms with van der Waals surface area (Å²) in [4.78, 5) is 23.7. The van der Waals surface area contributed by atoms with Crippen molar-refractivity contribution in [2.75, 3.05) is 6.54 Å². The fourth-order valence-electron chi connectivity index (χ4n) is 2.89. The quantitative estimate of drug-likeness (QED) is 0.881. The van der Waals surface area contributed by atoms with Gasteiger partial charge in [-0.05, 0) is 37.1 Å². The third kappa shape index (κ3) is 4.59. The van der Waals surface area contributed by atoms with Crippen LogP contribution in [0.25, 0.3) is 0 Å². The van der Waals surface area contributed by atoms with Gasteiger partial charge in [-0.1, -0.05) is 30.3 Å². The predicted molar refractivity (Wildman–Crippen MR) is 95.3 cm³/mol. The molecule has 0 radical (unpaired) electrons. The van der Waals surface area contributed by atoms with Crippen LogP contribution in [0.15, 0.2) is 48.5 Å². The van der Waals surface area contributed by atoms with Gasteiger partial charge < -0.3 is 15.4 Å². The van der Waals surface area contributed by atoms with Gasteiger partial charge in [0.2, 0.25) is 11.8 Å². The van der Waals surface area contributed by atoms with E-state index in [1.54, 1.807) is 0 Å². The molecule has 1 atom stereocenters. The summed E-state index contributed by atoms with van der Waals surface area (Å²) in [6, 6.07) is 15.5. The van der Waals surface area contributed by atoms with E-state index < -0.39 is 0 Å². The van der Waals surface area contributed by atoms with Crippen LogP contribution in [0.1, 0.15) is 24.0 Å². The second-order valence-electron chi connectivity index (χ2n) is 6.28. The summed E-state index contributed by atoms with van der Waals surface area (Å²) in [7, 11) is 0. The number of carbonyl (C=O) groups excluding carboxylic acids is 2. The first-order chi connectivity index (χ1) is 12.1. The van der Waals surface area contributed by atoms with Crippen LogP contribution in [0.2, 0.25) is 0 Å². The minimum absolute atomic E-state index is 0.0606. The third-order valence-corrected chi connectivity index (χ3v) is 4.26. The lowest BCUT2D eigenvalue weighted by molar-refractivity contribution is -0.132. The first-order valence-corrected chi connectivity index (χ1v) is 8.48. The zero-order chi connectivity index (χ0) is 17.6. The van der Waals surface area contributed by atoms with Crippen molar-refractivity contribution in [2.45, 2.75) is 26.3 Å². The SMILES string of the molecule is Cc1cccc(Oc2ccccc2CNC(=O)[C@@H]2CCNC(=O)C2)c1. The maximum absolute atomic E-state index is 12.3. The molecule has 5 nitrogen and oxygen atoms in total. The van der Waals surface area contributed by atoms with Crippen molar-refractivity contribution in [1.29, 1.82) is 0 Å². The van der Waals surface area contributed by atoms with Crippen LogP contribution >= 0.6 is 0 Å². The lowest BCUT2D eigenvalue weighted by Gasteiger charge is -2.21. The third-order valence-electron chi connectivity index (χ3n) is 4.26. The van der Waals surface area contributed by atoms with Crippen molar-refractivity contribution in [3.05, 3.63) is 59.7 Å². The van der Waals surface area contributed by atoms with Crippen LogP contribution in [-0.2, 0) is 16.1 Å². The minimum atomic E-state index is -0.251. The van der Waals surface area contributed by atoms with Crippen LogP contribution in [-0.4, -0.2) is 18.4 Å². The first-order valence-electron chi connectivity index (χ1n) is 8.48. The van der Waals surface area contributed by atoms with Crippen LogP contribution in [0.4, 0.5) is 0 Å². The molecule has 2 amide bonds. The van der Waals surface area contributed by atoms with E-state index in [1.807, 2.05) is 55.5 Å². The molecule has 1 saturated heterocycles. The van der Waals surface area contributed by atoms with Crippen LogP contribution < -0.4 is 15.4 Å². The molecule has 0 bridgehead atoms. The number of hydrogen-bond acceptors (Lipinski definition) is 3. The highest BCUT2D eigenvalue weighted by molar-refractivity contribution is 5.86. The number of hydrogen-bond donors (Lipinski definition) is 2. The van der Waals surface area contributed by atoms with Gasteiger partial charge in [-0.2, -0.15) is 0 Å². The summed E-state index contributed by atoms with van der Waals surface area (Å²) in [5, 5.41) is 5.67. The molecule has 3 rings (SSSR count). The Morgan fingerprint density at radius 2 is 2.08 bits per heavy atom. The number of rotatable bonds is 5. The Hall–Kier alpha value is -2.82. The molecule has 0 aliphatic carbocycles. The number of benzene rings is 2. The second kappa shape index (κ2) is 7.83. The first kappa shape index (κ1) is 17.0. The van der Waals surface area contributed by atoms with E-state index in [4.69, 9.17) is 4.74 Å². The average Bonchev–Trinajstić information content (AvgIpc) is 2.61. The van der Waals surface area contributed by atoms with Gasteiger partial charge in [-0.25, -0.2) is 0 Å². The molecular weight excluding hydrogens is 316 g/mol. The van der Waals surface area contributed by atoms with E-state index in [0.717, 1.165) is 22.6 Å². The van der Waals surface area contributed by atoms with E-state index in [2.05, 4.69) is 10.6 Å². The summed E-state index contributed by atoms with van der Waals surface area (Å²) in [6.45, 7) is 2.95. The highest BCUT2D eigenvalue weighted by atomic mass is 16.5. The maximum atomic E-state index is 12.3. The fourth-order valence-corrected chi connectivity index (χ4v) is 2.89. The van der Waals surface area contributed by atoms with Gasteiger partial charge in [0.1, 0.15) is 11.5 Å². The minimum Gasteiger partial charge on any atom is -0.457 e. The standard InChI is InChI=1S/C20H22N2O3/c1-14-5-4-7-17(11-14)25-18-8-3-2-6-16(18)13-22-20(24)15-9-10-21-19(23)12-15/h2-8,11,15H,9-10,12-13H2,1H3,(H,21,23)(H,22,24)/t15-/m1/s1. The number of para-hydroxylation sites is 1. The molecule has 2 N–H and O–H groups in total. The van der Waals surface area contributed by atoms with E-state index in [-0.39, 0.29) is 24.2 Å². The molecular formula is C20H22N2O3. The van der Waals surface area contributed by atoms with Crippen molar-refractivity contribution in [3.8, 4) is 11.5 Å². The Labute approximate surface area is 147 Å². The average molecular weight is 338 g/mol. The Balaban J connectivity index is 1.64. The second-order valence-corrected chi connectivity index (χ2v) is 6.28. The summed E-state index contributed by atoms with van der Waals surface area (Å²) in [5.41, 5.74) is 2.02. The van der Waals surface area contributed by atoms with Crippen LogP contribution in [0.3, 0.4) is 0 Å². The molecule has 1 aliphatic rings. The molecule has 0 spiro atoms. The van der Waals surface area contributed by atoms with Crippen molar-refractivity contribution < 1.29 is 14.3 Å². The Morgan fingerprint density at radius 1 is 1.24 bits per heavy atom. The van der Waals surface area contributed by atoms with Crippen molar-refractivity contribution in [3.63, 3.8) is 0 Å². The molecule has 5 heteroatoms. The normalized spacial score (nSPS) is 16.8. The molecule has 1 fully saturated rings. The van der Waals surface area contributed by atoms with E-state index in [9.17, 15) is 9.59 Å². The van der Waals surface area contributed by atoms with Gasteiger partial charge in [-0.3, -0.25) is 9.59 Å². The fraction of sp³-hybridized carbons (Fsp3) is 0.300. The number of aryl methyl sites for hydroxylation is 1. The predicted octanol–water partition coefficient (Wildman–Crippen LogP) is 2.93. The van der Waals surface area contributed by atoms with Crippen LogP contribution in [0, 0.1) is 12.8 Å². The molecule has 0 unspecified atom stereocenters. The molecule has 0 saturated carbocycles. The molecule has 0 aromatic heterocycles. The number of nitrogens with one attached hydrogen (secondary N) is 2. The molecule has 130 valence electrons. The summed E-state index contributed by atoms with van der Waals surface area (Å²) in [5.74, 6) is 1.09. The number of amides is 2. The number of ether oxygens (including phenoxy) is 1. The van der Waals surface area contributed by atoms with Gasteiger partial charge in [0.05, 0.1) is 0 Å². The molecule has 25 heavy (non-hydrogen) atoms. The van der Waals surface area contributed by atoms with Crippen molar-refractivity contribution in [1.82, 2.24) is 10.6 Å². The number of carbonyl (C=O) groups is 2. The van der Waals surface area contributed by atoms with Gasteiger partial charge in [0, 0.05) is 31.0 Å². The zero-order valence-electron chi connectivity index (χ0n) is 14.2. The lowest BCUT2D eigenvalue weighted by atomic mass is 9.96. The van der Waals surface area contributed by atoms with Crippen LogP contribution in [0.5, 0.6) is 11.5 Å². The Morgan fingerprint density at radius 3 is 2.88 bits per heavy atom. The van der Waals surface area contributed by atoms with Gasteiger partial charge >= 0.3 is 0 Å². The van der Waals surface area contributed by atoms with E-state index in [0.29, 0.717) is 19.5 Å². The molecule has 2 aromatic carbocycles. The van der Waals surface area contributed by atoms with Gasteiger partial charge in [0.25, 0.3) is 0 Å². The topological polar surface area (TPSA) is 67.4 Å². The smallest absolute Gasteiger partial charge is 0.223 e. The van der Waals surface area contributed by atoms with Crippen molar-refractivity contribution >= 4 is 11.8 Å². The van der Waals surface area contributed by atoms with E-state index in [1.165, 1.54) is 0 Å². The van der Waals surface area contributed by atoms with E-state index >= 15 is 0 Å². The van der Waals surface area contributed by atoms with Crippen molar-refractivity contribution in [2.24, 2.45) is 5.92 Å². The Kier molecular flexibility index (Phi) is 5.33. The molecule has 1 heterocycles. The van der Waals surface area contributed by atoms with Gasteiger partial charge in [0.15, 0.2) is 0 Å². The summed E-state index contributed by atoms with van der Waals surface area (Å²) in [6.07, 6.45) is 0.937. The summed E-state index contributed by atoms with van der Waals surface area (Å²) < 4.78 is 5.97. The zero-order valence-corrected chi connectivity index (χ0v) is 14.2. The highest BCUT2D eigenvalue weighted by Gasteiger charge is 2.25. The van der Waals surface area contributed by atoms with Gasteiger partial charge in [-0.15, -0.1) is 0 Å².